The van der Waals surface area contributed by atoms with Crippen LogP contribution in [0.15, 0.2) is 66.0 Å². The number of rotatable bonds is 6. The Labute approximate surface area is 217 Å². The second-order valence-electron chi connectivity index (χ2n) is 9.38. The SMILES string of the molecule is Cc1csc(CNC2Cc3ccc(NC(=O)c4cccc(C)c4-c4ccc(C(F)(F)F)cc4)cc3C2)n1. The Morgan fingerprint density at radius 3 is 2.49 bits per heavy atom. The third-order valence-corrected chi connectivity index (χ3v) is 7.59. The number of aryl methyl sites for hydroxylation is 2. The summed E-state index contributed by atoms with van der Waals surface area (Å²) in [6.45, 7) is 4.57. The summed E-state index contributed by atoms with van der Waals surface area (Å²) in [4.78, 5) is 17.8. The molecule has 0 saturated heterocycles. The first-order valence-electron chi connectivity index (χ1n) is 12.0. The maximum atomic E-state index is 13.3. The number of alkyl halides is 3. The minimum absolute atomic E-state index is 0.301. The largest absolute Gasteiger partial charge is 0.416 e. The Morgan fingerprint density at radius 1 is 1.03 bits per heavy atom. The van der Waals surface area contributed by atoms with Crippen molar-refractivity contribution in [1.82, 2.24) is 10.3 Å². The molecule has 1 aromatic heterocycles. The van der Waals surface area contributed by atoms with Gasteiger partial charge < -0.3 is 10.6 Å². The predicted molar refractivity (Wildman–Crippen MR) is 141 cm³/mol. The fraction of sp³-hybridized carbons (Fsp3) is 0.241. The van der Waals surface area contributed by atoms with Gasteiger partial charge in [-0.05, 0) is 84.8 Å². The van der Waals surface area contributed by atoms with E-state index in [1.807, 2.05) is 43.5 Å². The number of amides is 1. The third kappa shape index (κ3) is 5.60. The Bertz CT molecular complexity index is 1440. The fourth-order valence-corrected chi connectivity index (χ4v) is 5.54. The van der Waals surface area contributed by atoms with Crippen molar-refractivity contribution in [2.75, 3.05) is 5.32 Å². The Hall–Kier alpha value is -3.49. The van der Waals surface area contributed by atoms with Gasteiger partial charge in [-0.1, -0.05) is 30.3 Å². The van der Waals surface area contributed by atoms with Crippen molar-refractivity contribution < 1.29 is 18.0 Å². The summed E-state index contributed by atoms with van der Waals surface area (Å²) >= 11 is 1.65. The van der Waals surface area contributed by atoms with E-state index in [1.165, 1.54) is 23.3 Å². The number of anilines is 1. The maximum absolute atomic E-state index is 13.3. The molecule has 0 bridgehead atoms. The summed E-state index contributed by atoms with van der Waals surface area (Å²) in [6, 6.07) is 16.5. The molecule has 0 spiro atoms. The summed E-state index contributed by atoms with van der Waals surface area (Å²) < 4.78 is 39.1. The van der Waals surface area contributed by atoms with Gasteiger partial charge in [-0.3, -0.25) is 4.79 Å². The van der Waals surface area contributed by atoms with Gasteiger partial charge in [-0.2, -0.15) is 13.2 Å². The van der Waals surface area contributed by atoms with Gasteiger partial charge in [-0.25, -0.2) is 4.98 Å². The monoisotopic (exact) mass is 521 g/mol. The summed E-state index contributed by atoms with van der Waals surface area (Å²) in [5, 5.41) is 9.69. The molecule has 0 fully saturated rings. The average molecular weight is 522 g/mol. The van der Waals surface area contributed by atoms with Gasteiger partial charge in [0, 0.05) is 34.9 Å². The highest BCUT2D eigenvalue weighted by Gasteiger charge is 2.30. The van der Waals surface area contributed by atoms with E-state index in [0.29, 0.717) is 28.4 Å². The number of halogens is 3. The molecule has 37 heavy (non-hydrogen) atoms. The average Bonchev–Trinajstić information content (AvgIpc) is 3.47. The Kier molecular flexibility index (Phi) is 6.88. The van der Waals surface area contributed by atoms with Crippen molar-refractivity contribution in [2.45, 2.75) is 45.5 Å². The second-order valence-corrected chi connectivity index (χ2v) is 10.3. The van der Waals surface area contributed by atoms with E-state index >= 15 is 0 Å². The zero-order valence-corrected chi connectivity index (χ0v) is 21.3. The van der Waals surface area contributed by atoms with Gasteiger partial charge in [0.1, 0.15) is 5.01 Å². The van der Waals surface area contributed by atoms with E-state index in [0.717, 1.165) is 47.8 Å². The molecule has 5 rings (SSSR count). The number of aromatic nitrogens is 1. The summed E-state index contributed by atoms with van der Waals surface area (Å²) in [6.07, 6.45) is -2.62. The fourth-order valence-electron chi connectivity index (χ4n) is 4.82. The van der Waals surface area contributed by atoms with Crippen molar-refractivity contribution in [3.05, 3.63) is 105 Å². The Balaban J connectivity index is 1.30. The molecule has 1 atom stereocenters. The first kappa shape index (κ1) is 25.2. The van der Waals surface area contributed by atoms with E-state index in [4.69, 9.17) is 0 Å². The number of hydrogen-bond donors (Lipinski definition) is 2. The third-order valence-electron chi connectivity index (χ3n) is 6.62. The van der Waals surface area contributed by atoms with E-state index in [-0.39, 0.29) is 5.91 Å². The summed E-state index contributed by atoms with van der Waals surface area (Å²) in [7, 11) is 0. The number of carbonyl (C=O) groups excluding carboxylic acids is 1. The van der Waals surface area contributed by atoms with Gasteiger partial charge in [0.15, 0.2) is 0 Å². The number of hydrogen-bond acceptors (Lipinski definition) is 4. The van der Waals surface area contributed by atoms with Gasteiger partial charge in [0.05, 0.1) is 5.56 Å². The smallest absolute Gasteiger partial charge is 0.322 e. The van der Waals surface area contributed by atoms with Crippen molar-refractivity contribution in [3.8, 4) is 11.1 Å². The van der Waals surface area contributed by atoms with Gasteiger partial charge >= 0.3 is 6.18 Å². The molecule has 1 unspecified atom stereocenters. The van der Waals surface area contributed by atoms with Crippen LogP contribution in [0.2, 0.25) is 0 Å². The highest BCUT2D eigenvalue weighted by atomic mass is 32.1. The normalized spacial score (nSPS) is 15.0. The van der Waals surface area contributed by atoms with Crippen molar-refractivity contribution in [2.24, 2.45) is 0 Å². The van der Waals surface area contributed by atoms with Crippen LogP contribution in [0.3, 0.4) is 0 Å². The van der Waals surface area contributed by atoms with E-state index in [2.05, 4.69) is 15.6 Å². The molecule has 4 nitrogen and oxygen atoms in total. The molecule has 2 N–H and O–H groups in total. The maximum Gasteiger partial charge on any atom is 0.416 e. The quantitative estimate of drug-likeness (QED) is 0.289. The molecule has 1 aliphatic rings. The van der Waals surface area contributed by atoms with Gasteiger partial charge in [0.2, 0.25) is 0 Å². The zero-order valence-electron chi connectivity index (χ0n) is 20.4. The van der Waals surface area contributed by atoms with Crippen LogP contribution in [0.25, 0.3) is 11.1 Å². The van der Waals surface area contributed by atoms with Crippen molar-refractivity contribution >= 4 is 22.9 Å². The lowest BCUT2D eigenvalue weighted by molar-refractivity contribution is -0.137. The molecule has 4 aromatic rings. The van der Waals surface area contributed by atoms with Crippen LogP contribution in [-0.4, -0.2) is 16.9 Å². The van der Waals surface area contributed by atoms with Crippen LogP contribution in [0.5, 0.6) is 0 Å². The number of benzene rings is 3. The minimum Gasteiger partial charge on any atom is -0.322 e. The molecule has 1 amide bonds. The first-order valence-corrected chi connectivity index (χ1v) is 12.9. The molecular formula is C29H26F3N3OS. The zero-order chi connectivity index (χ0) is 26.2. The second kappa shape index (κ2) is 10.1. The summed E-state index contributed by atoms with van der Waals surface area (Å²) in [5.74, 6) is -0.301. The molecule has 0 radical (unpaired) electrons. The lowest BCUT2D eigenvalue weighted by Crippen LogP contribution is -2.28. The topological polar surface area (TPSA) is 54.0 Å². The van der Waals surface area contributed by atoms with E-state index < -0.39 is 11.7 Å². The molecule has 0 saturated carbocycles. The lowest BCUT2D eigenvalue weighted by atomic mass is 9.93. The van der Waals surface area contributed by atoms with Gasteiger partial charge in [-0.15, -0.1) is 11.3 Å². The van der Waals surface area contributed by atoms with Crippen molar-refractivity contribution in [1.29, 1.82) is 0 Å². The number of fused-ring (bicyclic) bond motifs is 1. The van der Waals surface area contributed by atoms with Crippen molar-refractivity contribution in [3.63, 3.8) is 0 Å². The summed E-state index contributed by atoms with van der Waals surface area (Å²) in [5.41, 5.74) is 5.87. The minimum atomic E-state index is -4.41. The number of nitrogens with zero attached hydrogens (tertiary/aromatic N) is 1. The van der Waals surface area contributed by atoms with Crippen LogP contribution in [0.1, 0.15) is 43.3 Å². The number of nitrogens with one attached hydrogen (secondary N) is 2. The van der Waals surface area contributed by atoms with E-state index in [1.54, 1.807) is 23.5 Å². The molecule has 3 aromatic carbocycles. The van der Waals surface area contributed by atoms with E-state index in [9.17, 15) is 18.0 Å². The van der Waals surface area contributed by atoms with Crippen LogP contribution in [-0.2, 0) is 25.6 Å². The highest BCUT2D eigenvalue weighted by Crippen LogP contribution is 2.34. The molecule has 8 heteroatoms. The molecule has 0 aliphatic heterocycles. The number of carbonyl (C=O) groups is 1. The number of thiazole rings is 1. The molecule has 1 heterocycles. The molecule has 1 aliphatic carbocycles. The van der Waals surface area contributed by atoms with Gasteiger partial charge in [0.25, 0.3) is 5.91 Å². The molecule has 190 valence electrons. The highest BCUT2D eigenvalue weighted by molar-refractivity contribution is 7.09. The first-order chi connectivity index (χ1) is 17.7. The predicted octanol–water partition coefficient (Wildman–Crippen LogP) is 6.96. The Morgan fingerprint density at radius 2 is 1.78 bits per heavy atom. The van der Waals surface area contributed by atoms with Crippen LogP contribution < -0.4 is 10.6 Å². The van der Waals surface area contributed by atoms with Crippen LogP contribution in [0, 0.1) is 13.8 Å². The van der Waals surface area contributed by atoms with Crippen LogP contribution in [0.4, 0.5) is 18.9 Å². The molecular weight excluding hydrogens is 495 g/mol. The van der Waals surface area contributed by atoms with Crippen LogP contribution >= 0.6 is 11.3 Å². The lowest BCUT2D eigenvalue weighted by Gasteiger charge is -2.15. The standard InChI is InChI=1S/C29H26F3N3OS/c1-17-4-3-5-25(27(17)19-6-9-22(10-7-19)29(30,31)32)28(36)35-23-11-8-20-12-24(14-21(20)13-23)33-15-26-34-18(2)16-37-26/h3-11,13,16,24,33H,12,14-15H2,1-2H3,(H,35,36).